The van der Waals surface area contributed by atoms with Crippen LogP contribution in [-0.2, 0) is 20.8 Å². The van der Waals surface area contributed by atoms with Crippen LogP contribution in [0.15, 0.2) is 24.3 Å². The normalized spacial score (nSPS) is 13.1. The molecule has 114 valence electrons. The molecule has 0 radical (unpaired) electrons. The molecule has 0 heterocycles. The average molecular weight is 291 g/mol. The smallest absolute Gasteiger partial charge is 0.240 e. The number of nitrogens with two attached hydrogens (primary N) is 1. The molecule has 6 nitrogen and oxygen atoms in total. The first-order chi connectivity index (χ1) is 9.96. The first kappa shape index (κ1) is 16.8. The number of nitrogens with one attached hydrogen (secondary N) is 2. The largest absolute Gasteiger partial charge is 0.346 e. The molecule has 0 unspecified atom stereocenters. The van der Waals surface area contributed by atoms with Crippen LogP contribution in [0, 0.1) is 0 Å². The summed E-state index contributed by atoms with van der Waals surface area (Å²) in [6.07, 6.45) is 1.47. The molecule has 0 aliphatic heterocycles. The Morgan fingerprint density at radius 2 is 1.90 bits per heavy atom. The first-order valence-corrected chi connectivity index (χ1v) is 6.86. The molecule has 0 saturated heterocycles. The zero-order chi connectivity index (χ0) is 15.8. The molecule has 0 aliphatic carbocycles. The molecule has 0 fully saturated rings. The van der Waals surface area contributed by atoms with E-state index in [1.807, 2.05) is 0 Å². The third-order valence-electron chi connectivity index (χ3n) is 2.92. The maximum absolute atomic E-state index is 11.4. The second kappa shape index (κ2) is 8.16. The molecule has 2 amide bonds. The fraction of sp³-hybridized carbons (Fsp3) is 0.400. The summed E-state index contributed by atoms with van der Waals surface area (Å²) < 4.78 is 0. The molecule has 21 heavy (non-hydrogen) atoms. The number of hydrogen-bond acceptors (Lipinski definition) is 4. The van der Waals surface area contributed by atoms with Gasteiger partial charge in [-0.15, -0.1) is 0 Å². The Labute approximate surface area is 124 Å². The standard InChI is InChI=1S/C15H21N3O3/c1-3-14(20)17-13(9-19)8-11-4-6-12(7-5-11)18-15(21)10(2)16/h4-7,9-10,13H,3,8,16H2,1-2H3,(H,17,20)(H,18,21)/t10-,13+/m0/s1. The number of carbonyl (C=O) groups excluding carboxylic acids is 3. The Morgan fingerprint density at radius 1 is 1.29 bits per heavy atom. The van der Waals surface area contributed by atoms with Crippen molar-refractivity contribution in [3.63, 3.8) is 0 Å². The number of amides is 2. The van der Waals surface area contributed by atoms with E-state index in [1.165, 1.54) is 0 Å². The second-order valence-electron chi connectivity index (χ2n) is 4.84. The summed E-state index contributed by atoms with van der Waals surface area (Å²) in [5, 5.41) is 5.31. The number of aldehydes is 1. The minimum absolute atomic E-state index is 0.159. The molecule has 0 spiro atoms. The fourth-order valence-electron chi connectivity index (χ4n) is 1.68. The van der Waals surface area contributed by atoms with Gasteiger partial charge in [0, 0.05) is 12.1 Å². The minimum atomic E-state index is -0.576. The van der Waals surface area contributed by atoms with E-state index in [1.54, 1.807) is 38.1 Å². The molecule has 1 aromatic carbocycles. The van der Waals surface area contributed by atoms with Crippen molar-refractivity contribution in [3.05, 3.63) is 29.8 Å². The van der Waals surface area contributed by atoms with Gasteiger partial charge in [0.1, 0.15) is 6.29 Å². The van der Waals surface area contributed by atoms with Crippen LogP contribution in [-0.4, -0.2) is 30.2 Å². The van der Waals surface area contributed by atoms with Crippen molar-refractivity contribution in [2.45, 2.75) is 38.8 Å². The summed E-state index contributed by atoms with van der Waals surface area (Å²) in [5.41, 5.74) is 7.00. The Morgan fingerprint density at radius 3 is 2.38 bits per heavy atom. The van der Waals surface area contributed by atoms with Gasteiger partial charge in [-0.25, -0.2) is 0 Å². The third kappa shape index (κ3) is 5.74. The lowest BCUT2D eigenvalue weighted by molar-refractivity contribution is -0.123. The lowest BCUT2D eigenvalue weighted by Crippen LogP contribution is -2.37. The monoisotopic (exact) mass is 291 g/mol. The van der Waals surface area contributed by atoms with Gasteiger partial charge < -0.3 is 21.2 Å². The van der Waals surface area contributed by atoms with Crippen LogP contribution in [0.4, 0.5) is 5.69 Å². The van der Waals surface area contributed by atoms with Crippen LogP contribution < -0.4 is 16.4 Å². The van der Waals surface area contributed by atoms with E-state index in [9.17, 15) is 14.4 Å². The zero-order valence-electron chi connectivity index (χ0n) is 12.3. The summed E-state index contributed by atoms with van der Waals surface area (Å²) in [6.45, 7) is 3.34. The minimum Gasteiger partial charge on any atom is -0.346 e. The molecule has 6 heteroatoms. The van der Waals surface area contributed by atoms with Crippen LogP contribution in [0.1, 0.15) is 25.8 Å². The maximum atomic E-state index is 11.4. The van der Waals surface area contributed by atoms with Gasteiger partial charge in [0.2, 0.25) is 11.8 Å². The topological polar surface area (TPSA) is 101 Å². The Kier molecular flexibility index (Phi) is 6.55. The molecular formula is C15H21N3O3. The van der Waals surface area contributed by atoms with Gasteiger partial charge >= 0.3 is 0 Å². The van der Waals surface area contributed by atoms with E-state index in [2.05, 4.69) is 10.6 Å². The van der Waals surface area contributed by atoms with E-state index < -0.39 is 12.1 Å². The van der Waals surface area contributed by atoms with Gasteiger partial charge in [0.15, 0.2) is 0 Å². The highest BCUT2D eigenvalue weighted by molar-refractivity contribution is 5.94. The molecule has 0 bridgehead atoms. The van der Waals surface area contributed by atoms with E-state index >= 15 is 0 Å². The van der Waals surface area contributed by atoms with Crippen LogP contribution in [0.25, 0.3) is 0 Å². The molecule has 1 aromatic rings. The average Bonchev–Trinajstić information content (AvgIpc) is 2.48. The Bertz CT molecular complexity index is 497. The van der Waals surface area contributed by atoms with Gasteiger partial charge in [-0.3, -0.25) is 9.59 Å². The van der Waals surface area contributed by atoms with Crippen molar-refractivity contribution in [1.82, 2.24) is 5.32 Å². The van der Waals surface area contributed by atoms with Crippen molar-refractivity contribution in [2.75, 3.05) is 5.32 Å². The molecule has 0 aliphatic rings. The van der Waals surface area contributed by atoms with Gasteiger partial charge in [-0.2, -0.15) is 0 Å². The van der Waals surface area contributed by atoms with Gasteiger partial charge in [0.25, 0.3) is 0 Å². The van der Waals surface area contributed by atoms with E-state index in [-0.39, 0.29) is 11.8 Å². The Hall–Kier alpha value is -2.21. The zero-order valence-corrected chi connectivity index (χ0v) is 12.3. The third-order valence-corrected chi connectivity index (χ3v) is 2.92. The van der Waals surface area contributed by atoms with Crippen molar-refractivity contribution in [1.29, 1.82) is 0 Å². The van der Waals surface area contributed by atoms with Gasteiger partial charge in [-0.1, -0.05) is 19.1 Å². The van der Waals surface area contributed by atoms with Crippen molar-refractivity contribution < 1.29 is 14.4 Å². The SMILES string of the molecule is CCC(=O)N[C@@H](C=O)Cc1ccc(NC(=O)[C@H](C)N)cc1. The summed E-state index contributed by atoms with van der Waals surface area (Å²) in [5.74, 6) is -0.420. The van der Waals surface area contributed by atoms with Gasteiger partial charge in [-0.05, 0) is 31.0 Å². The van der Waals surface area contributed by atoms with E-state index in [4.69, 9.17) is 5.73 Å². The highest BCUT2D eigenvalue weighted by Crippen LogP contribution is 2.11. The van der Waals surface area contributed by atoms with Gasteiger partial charge in [0.05, 0.1) is 12.1 Å². The molecule has 0 aromatic heterocycles. The predicted octanol–water partition coefficient (Wildman–Crippen LogP) is 0.608. The predicted molar refractivity (Wildman–Crippen MR) is 80.7 cm³/mol. The summed E-state index contributed by atoms with van der Waals surface area (Å²) in [7, 11) is 0. The summed E-state index contributed by atoms with van der Waals surface area (Å²) in [6, 6.07) is 5.95. The van der Waals surface area contributed by atoms with Crippen LogP contribution in [0.2, 0.25) is 0 Å². The number of rotatable bonds is 7. The summed E-state index contributed by atoms with van der Waals surface area (Å²) in [4.78, 5) is 33.7. The lowest BCUT2D eigenvalue weighted by atomic mass is 10.1. The van der Waals surface area contributed by atoms with E-state index in [0.29, 0.717) is 18.5 Å². The number of anilines is 1. The molecular weight excluding hydrogens is 270 g/mol. The van der Waals surface area contributed by atoms with Crippen molar-refractivity contribution >= 4 is 23.8 Å². The lowest BCUT2D eigenvalue weighted by Gasteiger charge is -2.13. The quantitative estimate of drug-likeness (QED) is 0.641. The fourth-order valence-corrected chi connectivity index (χ4v) is 1.68. The highest BCUT2D eigenvalue weighted by atomic mass is 16.2. The van der Waals surface area contributed by atoms with Crippen LogP contribution >= 0.6 is 0 Å². The first-order valence-electron chi connectivity index (χ1n) is 6.86. The molecule has 0 saturated carbocycles. The molecule has 1 rings (SSSR count). The number of carbonyl (C=O) groups is 3. The molecule has 2 atom stereocenters. The summed E-state index contributed by atoms with van der Waals surface area (Å²) >= 11 is 0. The van der Waals surface area contributed by atoms with Crippen LogP contribution in [0.3, 0.4) is 0 Å². The molecule has 4 N–H and O–H groups in total. The Balaban J connectivity index is 2.63. The highest BCUT2D eigenvalue weighted by Gasteiger charge is 2.11. The second-order valence-corrected chi connectivity index (χ2v) is 4.84. The van der Waals surface area contributed by atoms with Crippen molar-refractivity contribution in [2.24, 2.45) is 5.73 Å². The number of hydrogen-bond donors (Lipinski definition) is 3. The number of benzene rings is 1. The van der Waals surface area contributed by atoms with Crippen molar-refractivity contribution in [3.8, 4) is 0 Å². The maximum Gasteiger partial charge on any atom is 0.240 e. The van der Waals surface area contributed by atoms with E-state index in [0.717, 1.165) is 11.8 Å². The van der Waals surface area contributed by atoms with Crippen LogP contribution in [0.5, 0.6) is 0 Å².